The van der Waals surface area contributed by atoms with Crippen molar-refractivity contribution < 1.29 is 9.15 Å². The van der Waals surface area contributed by atoms with Gasteiger partial charge in [-0.2, -0.15) is 0 Å². The Labute approximate surface area is 95.6 Å². The molecule has 1 saturated heterocycles. The van der Waals surface area contributed by atoms with E-state index in [2.05, 4.69) is 22.4 Å². The van der Waals surface area contributed by atoms with E-state index < -0.39 is 0 Å². The van der Waals surface area contributed by atoms with Gasteiger partial charge in [0, 0.05) is 19.6 Å². The second-order valence-electron chi connectivity index (χ2n) is 4.10. The van der Waals surface area contributed by atoms with Gasteiger partial charge >= 0.3 is 0 Å². The molecule has 0 aliphatic carbocycles. The van der Waals surface area contributed by atoms with Crippen LogP contribution in [0.25, 0.3) is 0 Å². The van der Waals surface area contributed by atoms with Gasteiger partial charge in [0.05, 0.1) is 12.0 Å². The number of hydrogen-bond acceptors (Lipinski definition) is 5. The van der Waals surface area contributed by atoms with Crippen LogP contribution in [-0.2, 0) is 11.2 Å². The Morgan fingerprint density at radius 1 is 1.44 bits per heavy atom. The molecule has 5 nitrogen and oxygen atoms in total. The number of hydrogen-bond donors (Lipinski definition) is 1. The molecule has 1 fully saturated rings. The Bertz CT molecular complexity index is 327. The lowest BCUT2D eigenvalue weighted by Crippen LogP contribution is -2.13. The van der Waals surface area contributed by atoms with Gasteiger partial charge in [0.1, 0.15) is 0 Å². The summed E-state index contributed by atoms with van der Waals surface area (Å²) in [5.74, 6) is 1.75. The molecule has 1 aliphatic heterocycles. The lowest BCUT2D eigenvalue weighted by atomic mass is 10.00. The zero-order valence-corrected chi connectivity index (χ0v) is 9.90. The van der Waals surface area contributed by atoms with Gasteiger partial charge in [-0.05, 0) is 19.9 Å². The minimum atomic E-state index is 0.248. The monoisotopic (exact) mass is 225 g/mol. The van der Waals surface area contributed by atoms with Crippen molar-refractivity contribution >= 4 is 0 Å². The van der Waals surface area contributed by atoms with E-state index in [0.717, 1.165) is 38.3 Å². The van der Waals surface area contributed by atoms with Gasteiger partial charge in [0.15, 0.2) is 0 Å². The van der Waals surface area contributed by atoms with E-state index in [1.807, 2.05) is 7.05 Å². The number of likely N-dealkylation sites (N-methyl/N-ethyl adjacent to an activating group) is 1. The molecule has 0 spiro atoms. The summed E-state index contributed by atoms with van der Waals surface area (Å²) in [5, 5.41) is 11.2. The van der Waals surface area contributed by atoms with Crippen molar-refractivity contribution in [3.8, 4) is 0 Å². The van der Waals surface area contributed by atoms with Crippen LogP contribution in [0.15, 0.2) is 4.42 Å². The summed E-state index contributed by atoms with van der Waals surface area (Å²) in [6.07, 6.45) is 3.02. The minimum Gasteiger partial charge on any atom is -0.425 e. The number of nitrogens with zero attached hydrogens (tertiary/aromatic N) is 2. The zero-order valence-electron chi connectivity index (χ0n) is 9.90. The highest BCUT2D eigenvalue weighted by Gasteiger charge is 2.32. The van der Waals surface area contributed by atoms with E-state index in [1.165, 1.54) is 0 Å². The predicted molar refractivity (Wildman–Crippen MR) is 59.3 cm³/mol. The number of rotatable bonds is 5. The number of ether oxygens (including phenoxy) is 1. The number of aromatic nitrogens is 2. The maximum Gasteiger partial charge on any atom is 0.222 e. The smallest absolute Gasteiger partial charge is 0.222 e. The van der Waals surface area contributed by atoms with Crippen LogP contribution in [0, 0.1) is 0 Å². The molecule has 16 heavy (non-hydrogen) atoms. The summed E-state index contributed by atoms with van der Waals surface area (Å²) >= 11 is 0. The van der Waals surface area contributed by atoms with Crippen LogP contribution in [0.1, 0.15) is 37.5 Å². The van der Waals surface area contributed by atoms with Crippen molar-refractivity contribution in [3.63, 3.8) is 0 Å². The Hall–Kier alpha value is -0.940. The molecule has 90 valence electrons. The van der Waals surface area contributed by atoms with E-state index in [1.54, 1.807) is 0 Å². The topological polar surface area (TPSA) is 60.2 Å². The van der Waals surface area contributed by atoms with E-state index in [9.17, 15) is 0 Å². The van der Waals surface area contributed by atoms with Gasteiger partial charge < -0.3 is 14.5 Å². The summed E-state index contributed by atoms with van der Waals surface area (Å²) < 4.78 is 11.3. The minimum absolute atomic E-state index is 0.248. The fourth-order valence-electron chi connectivity index (χ4n) is 2.08. The Morgan fingerprint density at radius 2 is 2.31 bits per heavy atom. The molecule has 2 unspecified atom stereocenters. The van der Waals surface area contributed by atoms with E-state index in [4.69, 9.17) is 9.15 Å². The highest BCUT2D eigenvalue weighted by molar-refractivity contribution is 4.98. The van der Waals surface area contributed by atoms with Crippen molar-refractivity contribution in [1.29, 1.82) is 0 Å². The second-order valence-corrected chi connectivity index (χ2v) is 4.10. The maximum absolute atomic E-state index is 5.66. The maximum atomic E-state index is 5.66. The highest BCUT2D eigenvalue weighted by atomic mass is 16.5. The van der Waals surface area contributed by atoms with E-state index in [0.29, 0.717) is 11.8 Å². The van der Waals surface area contributed by atoms with E-state index >= 15 is 0 Å². The summed E-state index contributed by atoms with van der Waals surface area (Å²) in [5.41, 5.74) is 0. The third-order valence-corrected chi connectivity index (χ3v) is 3.00. The predicted octanol–water partition coefficient (Wildman–Crippen LogP) is 1.11. The lowest BCUT2D eigenvalue weighted by Gasteiger charge is -2.11. The normalized spacial score (nSPS) is 25.1. The van der Waals surface area contributed by atoms with Crippen LogP contribution in [-0.4, -0.2) is 36.5 Å². The molecule has 1 N–H and O–H groups in total. The zero-order chi connectivity index (χ0) is 11.4. The van der Waals surface area contributed by atoms with Crippen molar-refractivity contribution in [2.24, 2.45) is 0 Å². The molecule has 0 radical (unpaired) electrons. The fraction of sp³-hybridized carbons (Fsp3) is 0.818. The van der Waals surface area contributed by atoms with Crippen LogP contribution in [0.2, 0.25) is 0 Å². The molecule has 2 atom stereocenters. The first kappa shape index (κ1) is 11.5. The standard InChI is InChI=1S/C11H19N3O2/c1-3-9-8(5-7-15-9)11-14-13-10(16-11)4-6-12-2/h8-9,12H,3-7H2,1-2H3. The van der Waals surface area contributed by atoms with Crippen LogP contribution in [0.4, 0.5) is 0 Å². The Balaban J connectivity index is 2.00. The van der Waals surface area contributed by atoms with Crippen molar-refractivity contribution in [2.45, 2.75) is 38.2 Å². The summed E-state index contributed by atoms with van der Waals surface area (Å²) in [6, 6.07) is 0. The molecule has 0 aromatic carbocycles. The molecule has 5 heteroatoms. The molecule has 0 amide bonds. The average molecular weight is 225 g/mol. The van der Waals surface area contributed by atoms with Gasteiger partial charge in [0.25, 0.3) is 0 Å². The largest absolute Gasteiger partial charge is 0.425 e. The first-order valence-electron chi connectivity index (χ1n) is 5.93. The quantitative estimate of drug-likeness (QED) is 0.813. The highest BCUT2D eigenvalue weighted by Crippen LogP contribution is 2.32. The molecule has 2 rings (SSSR count). The molecule has 1 aromatic heterocycles. The Morgan fingerprint density at radius 3 is 3.06 bits per heavy atom. The van der Waals surface area contributed by atoms with Gasteiger partial charge in [-0.1, -0.05) is 6.92 Å². The lowest BCUT2D eigenvalue weighted by molar-refractivity contribution is 0.0963. The van der Waals surface area contributed by atoms with Gasteiger partial charge in [-0.15, -0.1) is 10.2 Å². The van der Waals surface area contributed by atoms with Gasteiger partial charge in [-0.25, -0.2) is 0 Å². The third-order valence-electron chi connectivity index (χ3n) is 3.00. The number of nitrogens with one attached hydrogen (secondary N) is 1. The fourth-order valence-corrected chi connectivity index (χ4v) is 2.08. The molecule has 0 bridgehead atoms. The van der Waals surface area contributed by atoms with E-state index in [-0.39, 0.29) is 6.10 Å². The van der Waals surface area contributed by atoms with Gasteiger partial charge in [0.2, 0.25) is 11.8 Å². The summed E-state index contributed by atoms with van der Waals surface area (Å²) in [6.45, 7) is 3.79. The first-order valence-corrected chi connectivity index (χ1v) is 5.93. The molecule has 2 heterocycles. The molecular formula is C11H19N3O2. The molecular weight excluding hydrogens is 206 g/mol. The second kappa shape index (κ2) is 5.41. The van der Waals surface area contributed by atoms with Crippen LogP contribution < -0.4 is 5.32 Å². The Kier molecular flexibility index (Phi) is 3.90. The first-order chi connectivity index (χ1) is 7.85. The summed E-state index contributed by atoms with van der Waals surface area (Å²) in [4.78, 5) is 0. The molecule has 0 saturated carbocycles. The third kappa shape index (κ3) is 2.41. The SMILES string of the molecule is CCC1OCCC1c1nnc(CCNC)o1. The molecule has 1 aromatic rings. The van der Waals surface area contributed by atoms with Crippen LogP contribution >= 0.6 is 0 Å². The van der Waals surface area contributed by atoms with Crippen molar-refractivity contribution in [1.82, 2.24) is 15.5 Å². The average Bonchev–Trinajstić information content (AvgIpc) is 2.94. The summed E-state index contributed by atoms with van der Waals surface area (Å²) in [7, 11) is 1.91. The molecule has 1 aliphatic rings. The van der Waals surface area contributed by atoms with Crippen LogP contribution in [0.5, 0.6) is 0 Å². The van der Waals surface area contributed by atoms with Crippen molar-refractivity contribution in [2.75, 3.05) is 20.2 Å². The van der Waals surface area contributed by atoms with Crippen molar-refractivity contribution in [3.05, 3.63) is 11.8 Å². The van der Waals surface area contributed by atoms with Gasteiger partial charge in [-0.3, -0.25) is 0 Å². The van der Waals surface area contributed by atoms with Crippen LogP contribution in [0.3, 0.4) is 0 Å².